The van der Waals surface area contributed by atoms with Crippen LogP contribution in [0.5, 0.6) is 5.75 Å². The molecule has 0 fully saturated rings. The largest absolute Gasteiger partial charge is 0.493 e. The van der Waals surface area contributed by atoms with Crippen LogP contribution in [0.1, 0.15) is 6.42 Å². The second kappa shape index (κ2) is 6.11. The molecule has 15 heavy (non-hydrogen) atoms. The molecule has 0 N–H and O–H groups in total. The lowest BCUT2D eigenvalue weighted by Gasteiger charge is -2.05. The van der Waals surface area contributed by atoms with Crippen molar-refractivity contribution in [2.75, 3.05) is 13.2 Å². The van der Waals surface area contributed by atoms with Gasteiger partial charge < -0.3 is 4.74 Å². The van der Waals surface area contributed by atoms with Gasteiger partial charge in [0.25, 0.3) is 0 Å². The first kappa shape index (κ1) is 11.6. The van der Waals surface area contributed by atoms with E-state index in [1.807, 2.05) is 0 Å². The van der Waals surface area contributed by atoms with E-state index in [9.17, 15) is 4.39 Å². The van der Waals surface area contributed by atoms with Gasteiger partial charge in [-0.25, -0.2) is 4.39 Å². The van der Waals surface area contributed by atoms with Gasteiger partial charge >= 0.3 is 0 Å². The van der Waals surface area contributed by atoms with E-state index >= 15 is 0 Å². The lowest BCUT2D eigenvalue weighted by atomic mass is 10.3. The summed E-state index contributed by atoms with van der Waals surface area (Å²) in [6.07, 6.45) is 0.592. The molecule has 0 saturated carbocycles. The average molecular weight is 230 g/mol. The van der Waals surface area contributed by atoms with Crippen molar-refractivity contribution in [3.05, 3.63) is 39.5 Å². The number of azide groups is 1. The zero-order valence-electron chi connectivity index (χ0n) is 7.86. The topological polar surface area (TPSA) is 58.0 Å². The summed E-state index contributed by atoms with van der Waals surface area (Å²) in [5, 5.41) is 3.41. The van der Waals surface area contributed by atoms with Crippen molar-refractivity contribution in [1.29, 1.82) is 0 Å². The minimum atomic E-state index is -0.510. The monoisotopic (exact) mass is 229 g/mol. The standard InChI is InChI=1S/C9H9ClFN3O/c10-8-3-2-7(6-9(8)11)15-5-1-4-13-14-12/h2-3,6H,1,4-5H2. The molecule has 1 aromatic rings. The number of benzene rings is 1. The first-order chi connectivity index (χ1) is 7.24. The van der Waals surface area contributed by atoms with Crippen LogP contribution in [0.3, 0.4) is 0 Å². The molecule has 0 unspecified atom stereocenters. The van der Waals surface area contributed by atoms with Crippen LogP contribution in [-0.4, -0.2) is 13.2 Å². The zero-order valence-corrected chi connectivity index (χ0v) is 8.62. The highest BCUT2D eigenvalue weighted by atomic mass is 35.5. The van der Waals surface area contributed by atoms with Gasteiger partial charge in [0.15, 0.2) is 0 Å². The molecule has 0 radical (unpaired) electrons. The molecule has 0 aliphatic rings. The molecule has 80 valence electrons. The number of halogens is 2. The van der Waals surface area contributed by atoms with Gasteiger partial charge in [-0.1, -0.05) is 16.7 Å². The van der Waals surface area contributed by atoms with Crippen molar-refractivity contribution in [1.82, 2.24) is 0 Å². The molecule has 0 amide bonds. The summed E-state index contributed by atoms with van der Waals surface area (Å²) >= 11 is 5.50. The van der Waals surface area contributed by atoms with Gasteiger partial charge in [0.05, 0.1) is 11.6 Å². The van der Waals surface area contributed by atoms with Crippen LogP contribution < -0.4 is 4.74 Å². The lowest BCUT2D eigenvalue weighted by molar-refractivity contribution is 0.312. The van der Waals surface area contributed by atoms with Crippen LogP contribution in [0.2, 0.25) is 5.02 Å². The van der Waals surface area contributed by atoms with Gasteiger partial charge in [-0.2, -0.15) is 0 Å². The Hall–Kier alpha value is -1.45. The van der Waals surface area contributed by atoms with Crippen LogP contribution in [-0.2, 0) is 0 Å². The van der Waals surface area contributed by atoms with E-state index in [2.05, 4.69) is 10.0 Å². The highest BCUT2D eigenvalue weighted by Crippen LogP contribution is 2.20. The molecule has 6 heteroatoms. The van der Waals surface area contributed by atoms with Crippen molar-refractivity contribution < 1.29 is 9.13 Å². The van der Waals surface area contributed by atoms with Gasteiger partial charge in [-0.05, 0) is 24.1 Å². The van der Waals surface area contributed by atoms with Gasteiger partial charge in [0.1, 0.15) is 11.6 Å². The molecule has 0 aliphatic carbocycles. The van der Waals surface area contributed by atoms with Gasteiger partial charge in [-0.15, -0.1) is 0 Å². The Balaban J connectivity index is 2.37. The fraction of sp³-hybridized carbons (Fsp3) is 0.333. The number of hydrogen-bond acceptors (Lipinski definition) is 2. The predicted molar refractivity (Wildman–Crippen MR) is 55.5 cm³/mol. The number of nitrogens with zero attached hydrogens (tertiary/aromatic N) is 3. The summed E-state index contributed by atoms with van der Waals surface area (Å²) in [6, 6.07) is 4.23. The quantitative estimate of drug-likeness (QED) is 0.330. The molecule has 1 aromatic carbocycles. The SMILES string of the molecule is [N-]=[N+]=NCCCOc1ccc(Cl)c(F)c1. The smallest absolute Gasteiger partial charge is 0.145 e. The minimum Gasteiger partial charge on any atom is -0.493 e. The lowest BCUT2D eigenvalue weighted by Crippen LogP contribution is -1.99. The first-order valence-corrected chi connectivity index (χ1v) is 4.70. The Morgan fingerprint density at radius 2 is 2.33 bits per heavy atom. The predicted octanol–water partition coefficient (Wildman–Crippen LogP) is 3.56. The molecule has 0 aliphatic heterocycles. The summed E-state index contributed by atoms with van der Waals surface area (Å²) in [4.78, 5) is 2.60. The van der Waals surface area contributed by atoms with Gasteiger partial charge in [0, 0.05) is 17.5 Å². The molecule has 0 atom stereocenters. The van der Waals surface area contributed by atoms with Crippen LogP contribution in [0.25, 0.3) is 10.4 Å². The number of ether oxygens (including phenoxy) is 1. The molecule has 4 nitrogen and oxygen atoms in total. The molecule has 0 spiro atoms. The van der Waals surface area contributed by atoms with Gasteiger partial charge in [0.2, 0.25) is 0 Å². The summed E-state index contributed by atoms with van der Waals surface area (Å²) in [6.45, 7) is 0.743. The second-order valence-electron chi connectivity index (χ2n) is 2.73. The van der Waals surface area contributed by atoms with Crippen LogP contribution in [0.15, 0.2) is 23.3 Å². The Morgan fingerprint density at radius 1 is 1.53 bits per heavy atom. The average Bonchev–Trinajstić information content (AvgIpc) is 2.23. The molecule has 0 heterocycles. The van der Waals surface area contributed by atoms with Gasteiger partial charge in [-0.3, -0.25) is 0 Å². The third-order valence-electron chi connectivity index (χ3n) is 1.63. The van der Waals surface area contributed by atoms with Crippen LogP contribution in [0, 0.1) is 5.82 Å². The van der Waals surface area contributed by atoms with E-state index < -0.39 is 5.82 Å². The van der Waals surface area contributed by atoms with Crippen molar-refractivity contribution in [3.8, 4) is 5.75 Å². The third kappa shape index (κ3) is 4.06. The van der Waals surface area contributed by atoms with E-state index in [1.165, 1.54) is 12.1 Å². The highest BCUT2D eigenvalue weighted by molar-refractivity contribution is 6.30. The first-order valence-electron chi connectivity index (χ1n) is 4.33. The van der Waals surface area contributed by atoms with E-state index in [0.29, 0.717) is 25.3 Å². The maximum atomic E-state index is 12.9. The number of hydrogen-bond donors (Lipinski definition) is 0. The maximum Gasteiger partial charge on any atom is 0.145 e. The van der Waals surface area contributed by atoms with E-state index in [0.717, 1.165) is 0 Å². The fourth-order valence-corrected chi connectivity index (χ4v) is 1.05. The Kier molecular flexibility index (Phi) is 4.74. The summed E-state index contributed by atoms with van der Waals surface area (Å²) in [7, 11) is 0. The van der Waals surface area contributed by atoms with Crippen LogP contribution in [0.4, 0.5) is 4.39 Å². The third-order valence-corrected chi connectivity index (χ3v) is 1.93. The zero-order chi connectivity index (χ0) is 11.1. The normalized spacial score (nSPS) is 9.47. The summed E-state index contributed by atoms with van der Waals surface area (Å²) in [5.41, 5.74) is 8.00. The summed E-state index contributed by atoms with van der Waals surface area (Å²) in [5.74, 6) is -0.0953. The minimum absolute atomic E-state index is 0.0661. The maximum absolute atomic E-state index is 12.9. The van der Waals surface area contributed by atoms with E-state index in [4.69, 9.17) is 21.9 Å². The molecule has 0 aromatic heterocycles. The van der Waals surface area contributed by atoms with Crippen molar-refractivity contribution in [2.24, 2.45) is 5.11 Å². The molecule has 0 bridgehead atoms. The van der Waals surface area contributed by atoms with Crippen molar-refractivity contribution in [3.63, 3.8) is 0 Å². The van der Waals surface area contributed by atoms with Crippen LogP contribution >= 0.6 is 11.6 Å². The molecular formula is C9H9ClFN3O. The second-order valence-corrected chi connectivity index (χ2v) is 3.14. The molecule has 1 rings (SSSR count). The van der Waals surface area contributed by atoms with Crippen molar-refractivity contribution >= 4 is 11.6 Å². The van der Waals surface area contributed by atoms with E-state index in [1.54, 1.807) is 6.07 Å². The molecule has 0 saturated heterocycles. The van der Waals surface area contributed by atoms with E-state index in [-0.39, 0.29) is 5.02 Å². The Labute approximate surface area is 91.2 Å². The Morgan fingerprint density at radius 3 is 3.00 bits per heavy atom. The fourth-order valence-electron chi connectivity index (χ4n) is 0.937. The van der Waals surface area contributed by atoms with Crippen molar-refractivity contribution in [2.45, 2.75) is 6.42 Å². The highest BCUT2D eigenvalue weighted by Gasteiger charge is 2.00. The summed E-state index contributed by atoms with van der Waals surface area (Å²) < 4.78 is 18.1. The number of rotatable bonds is 5. The Bertz CT molecular complexity index is 380. The molecular weight excluding hydrogens is 221 g/mol.